The van der Waals surface area contributed by atoms with E-state index in [1.165, 1.54) is 0 Å². The number of carbonyl (C=O) groups excluding carboxylic acids is 1. The Kier molecular flexibility index (Phi) is 690. The topological polar surface area (TPSA) is 117 Å². The number of aliphatic hydroxyl groups excluding tert-OH is 1. The molecule has 0 saturated carbocycles. The largest absolute Gasteiger partial charge is 2.00 e. The van der Waals surface area contributed by atoms with Gasteiger partial charge in [-0.2, -0.15) is 0 Å². The number of hydrogen-bond acceptors (Lipinski definition) is 5. The fourth-order valence-electron chi connectivity index (χ4n) is 0. The summed E-state index contributed by atoms with van der Waals surface area (Å²) < 4.78 is 0. The molecule has 0 aromatic heterocycles. The molecule has 0 aromatic rings. The maximum atomic E-state index is 8.64. The van der Waals surface area contributed by atoms with E-state index >= 15 is 0 Å². The van der Waals surface area contributed by atoms with E-state index in [1.807, 2.05) is 0 Å². The van der Waals surface area contributed by atoms with Gasteiger partial charge in [0.1, 0.15) is 0 Å². The zero-order chi connectivity index (χ0) is 6.12. The second-order valence-electron chi connectivity index (χ2n) is 0.284. The van der Waals surface area contributed by atoms with Crippen molar-refractivity contribution in [3.63, 3.8) is 0 Å². The molecule has 0 aliphatic rings. The number of hydrogen-bond donors (Lipinski definition) is 1. The molecule has 0 atom stereocenters. The molecule has 2 N–H and O–H groups in total. The van der Waals surface area contributed by atoms with Crippen LogP contribution in [0, 0.1) is 0 Å². The van der Waals surface area contributed by atoms with Crippen LogP contribution in [0.4, 0.5) is 0 Å². The first-order valence-electron chi connectivity index (χ1n) is 1.07. The minimum absolute atomic E-state index is 0. The molecule has 0 fully saturated rings. The van der Waals surface area contributed by atoms with Crippen LogP contribution in [0.5, 0.6) is 0 Å². The maximum absolute atomic E-state index is 8.64. The Balaban J connectivity index is -0.00000000158. The van der Waals surface area contributed by atoms with E-state index in [1.54, 1.807) is 0 Å². The molecule has 0 aliphatic heterocycles. The second-order valence-corrected chi connectivity index (χ2v) is 0.284. The third kappa shape index (κ3) is 192. The van der Waals surface area contributed by atoms with Gasteiger partial charge in [-0.25, -0.2) is 0 Å². The van der Waals surface area contributed by atoms with Gasteiger partial charge in [-0.05, 0) is 0 Å². The van der Waals surface area contributed by atoms with Crippen LogP contribution in [0.3, 0.4) is 0 Å². The Hall–Kier alpha value is 5.54. The summed E-state index contributed by atoms with van der Waals surface area (Å²) in [6, 6.07) is 0. The first kappa shape index (κ1) is 94.1. The molecule has 6 nitrogen and oxygen atoms in total. The van der Waals surface area contributed by atoms with Crippen molar-refractivity contribution in [1.82, 2.24) is 0 Å². The molecule has 0 saturated heterocycles. The van der Waals surface area contributed by atoms with E-state index in [9.17, 15) is 0 Å². The van der Waals surface area contributed by atoms with E-state index in [-0.39, 0.29) is 227 Å². The minimum Gasteiger partial charge on any atom is -1.00 e. The van der Waals surface area contributed by atoms with Crippen LogP contribution < -0.4 is 131 Å². The number of rotatable bonds is 1. The van der Waals surface area contributed by atoms with E-state index in [0.717, 1.165) is 0 Å². The third-order valence-corrected chi connectivity index (χ3v) is 0.0393. The van der Waals surface area contributed by atoms with Crippen molar-refractivity contribution in [2.24, 2.45) is 0 Å². The summed E-state index contributed by atoms with van der Waals surface area (Å²) >= 11 is 0. The van der Waals surface area contributed by atoms with Crippen LogP contribution in [-0.2, 0) is 14.5 Å². The predicted molar refractivity (Wildman–Crippen MR) is 37.3 cm³/mol. The van der Waals surface area contributed by atoms with Crippen molar-refractivity contribution in [3.05, 3.63) is 0 Å². The summed E-state index contributed by atoms with van der Waals surface area (Å²) in [4.78, 5) is 19.5. The van der Waals surface area contributed by atoms with Crippen LogP contribution in [-0.4, -0.2) is 99.0 Å². The normalized spacial score (nSPS) is 1.94. The van der Waals surface area contributed by atoms with Crippen molar-refractivity contribution < 1.29 is 158 Å². The van der Waals surface area contributed by atoms with Gasteiger partial charge < -0.3 is 64.2 Å². The molecule has 0 amide bonds. The maximum Gasteiger partial charge on any atom is 2.00 e. The van der Waals surface area contributed by atoms with Gasteiger partial charge in [-0.15, -0.1) is 12.4 Å². The second kappa shape index (κ2) is 125. The summed E-state index contributed by atoms with van der Waals surface area (Å²) in [7, 11) is 0. The van der Waals surface area contributed by atoms with E-state index < -0.39 is 0 Å². The zero-order valence-electron chi connectivity index (χ0n) is 10.6. The molecule has 0 bridgehead atoms. The quantitative estimate of drug-likeness (QED) is 0.149. The first-order chi connectivity index (χ1) is 3.33. The van der Waals surface area contributed by atoms with Crippen molar-refractivity contribution >= 4 is 101 Å². The van der Waals surface area contributed by atoms with Crippen LogP contribution >= 0.6 is 12.4 Å². The summed E-state index contributed by atoms with van der Waals surface area (Å²) in [6.07, 6.45) is 0. The average Bonchev–Trinajstić information content (AvgIpc) is 1.69. The Morgan fingerprint density at radius 2 is 1.18 bits per heavy atom. The van der Waals surface area contributed by atoms with Crippen LogP contribution in [0.2, 0.25) is 0 Å². The number of halogens is 4. The smallest absolute Gasteiger partial charge is 1.00 e. The fourth-order valence-corrected chi connectivity index (χ4v) is 0. The molecular weight excluding hydrogens is 411 g/mol. The van der Waals surface area contributed by atoms with Crippen molar-refractivity contribution in [1.29, 1.82) is 0 Å². The Bertz CT molecular complexity index is 78.1. The van der Waals surface area contributed by atoms with Crippen LogP contribution in [0.25, 0.3) is 0 Å². The molecule has 17 heavy (non-hydrogen) atoms. The summed E-state index contributed by atoms with van der Waals surface area (Å²) in [6.45, 7) is 0.319. The first-order valence-corrected chi connectivity index (χ1v) is 1.07. The Morgan fingerprint density at radius 1 is 1.12 bits per heavy atom. The van der Waals surface area contributed by atoms with Gasteiger partial charge in [-0.3, -0.25) is 4.79 Å². The average molecular weight is 416 g/mol. The van der Waals surface area contributed by atoms with E-state index in [0.29, 0.717) is 6.47 Å². The van der Waals surface area contributed by atoms with Crippen molar-refractivity contribution in [2.45, 2.75) is 0 Å². The van der Waals surface area contributed by atoms with Gasteiger partial charge >= 0.3 is 164 Å². The molecule has 0 rings (SSSR count). The molecule has 0 spiro atoms. The SMILES string of the molecule is Cl.O=CO[O-].O=[C-]O.[Ca+2].[Ca+2].[Cl-].[Cl-].[Cl-].[H-].[Na+].[Na+].[Na+].[OH-]. The molecule has 0 aromatic carbocycles. The molecule has 84 valence electrons. The summed E-state index contributed by atoms with van der Waals surface area (Å²) in [5, 5.41) is 15.2. The Morgan fingerprint density at radius 3 is 1.18 bits per heavy atom. The molecular formula is C2H5Ca2Cl4Na3O6. The molecule has 0 unspecified atom stereocenters. The standard InChI is InChI=1S/CH2O3.CHO2.2Ca.4ClH.3Na.H2O.H/c2-1-4-3;2-1-3;;;;;;;;;;;/h1,3H;(H,2,3);;;4*1H;;;;1H2;/q;-1;2*+2;;;;;3*+1;;-1/p-5. The van der Waals surface area contributed by atoms with Gasteiger partial charge in [0.15, 0.2) is 0 Å². The van der Waals surface area contributed by atoms with Crippen LogP contribution in [0.15, 0.2) is 0 Å². The molecule has 0 heterocycles. The van der Waals surface area contributed by atoms with Crippen molar-refractivity contribution in [3.8, 4) is 0 Å². The van der Waals surface area contributed by atoms with Crippen molar-refractivity contribution in [2.75, 3.05) is 0 Å². The third-order valence-electron chi connectivity index (χ3n) is 0.0393. The molecule has 0 aliphatic carbocycles. The van der Waals surface area contributed by atoms with Gasteiger partial charge in [-0.1, -0.05) is 6.47 Å². The van der Waals surface area contributed by atoms with Gasteiger partial charge in [0.2, 0.25) is 0 Å². The van der Waals surface area contributed by atoms with Gasteiger partial charge in [0, 0.05) is 0 Å². The Labute approximate surface area is 252 Å². The van der Waals surface area contributed by atoms with Crippen LogP contribution in [0.1, 0.15) is 1.43 Å². The van der Waals surface area contributed by atoms with E-state index in [4.69, 9.17) is 20.0 Å². The fraction of sp³-hybridized carbons (Fsp3) is 0. The zero-order valence-corrected chi connectivity index (χ0v) is 23.1. The molecule has 0 radical (unpaired) electrons. The summed E-state index contributed by atoms with van der Waals surface area (Å²) in [5.74, 6) is 0. The minimum atomic E-state index is -0.181. The van der Waals surface area contributed by atoms with Gasteiger partial charge in [0.25, 0.3) is 6.47 Å². The summed E-state index contributed by atoms with van der Waals surface area (Å²) in [5.41, 5.74) is 0. The number of carbonyl (C=O) groups is 1. The van der Waals surface area contributed by atoms with E-state index in [2.05, 4.69) is 4.89 Å². The van der Waals surface area contributed by atoms with Gasteiger partial charge in [0.05, 0.1) is 0 Å². The monoisotopic (exact) mass is 414 g/mol. The predicted octanol–water partition coefficient (Wildman–Crippen LogP) is -20.3. The molecule has 15 heteroatoms.